The van der Waals surface area contributed by atoms with Crippen LogP contribution >= 0.6 is 0 Å². The summed E-state index contributed by atoms with van der Waals surface area (Å²) in [4.78, 5) is 11.8. The summed E-state index contributed by atoms with van der Waals surface area (Å²) >= 11 is 0. The van der Waals surface area contributed by atoms with Crippen molar-refractivity contribution in [3.8, 4) is 0 Å². The molecule has 84 valence electrons. The zero-order chi connectivity index (χ0) is 10.3. The van der Waals surface area contributed by atoms with E-state index in [-0.39, 0.29) is 5.92 Å². The predicted molar refractivity (Wildman–Crippen MR) is 53.4 cm³/mol. The first-order valence-electron chi connectivity index (χ1n) is 5.83. The molecule has 0 unspecified atom stereocenters. The number of Topliss-reactive ketones (excluding diaryl/α,β-unsaturated/α-hetero) is 1. The zero-order valence-electron chi connectivity index (χ0n) is 8.83. The molecule has 3 aliphatic rings. The molecule has 2 heterocycles. The lowest BCUT2D eigenvalue weighted by molar-refractivity contribution is -0.193. The quantitative estimate of drug-likeness (QED) is 0.632. The molecule has 0 aromatic carbocycles. The van der Waals surface area contributed by atoms with Gasteiger partial charge < -0.3 is 14.8 Å². The van der Waals surface area contributed by atoms with Crippen molar-refractivity contribution in [2.24, 2.45) is 5.92 Å². The molecule has 1 aliphatic carbocycles. The maximum absolute atomic E-state index is 11.8. The van der Waals surface area contributed by atoms with E-state index in [4.69, 9.17) is 9.47 Å². The summed E-state index contributed by atoms with van der Waals surface area (Å²) in [7, 11) is 0. The van der Waals surface area contributed by atoms with E-state index in [0.29, 0.717) is 31.5 Å². The molecular weight excluding hydrogens is 194 g/mol. The van der Waals surface area contributed by atoms with Crippen molar-refractivity contribution in [1.82, 2.24) is 5.32 Å². The molecule has 1 spiro atoms. The third-order valence-electron chi connectivity index (χ3n) is 3.86. The monoisotopic (exact) mass is 211 g/mol. The van der Waals surface area contributed by atoms with Crippen molar-refractivity contribution >= 4 is 5.78 Å². The molecule has 2 saturated heterocycles. The Kier molecular flexibility index (Phi) is 2.30. The molecule has 1 saturated carbocycles. The van der Waals surface area contributed by atoms with Gasteiger partial charge in [0, 0.05) is 37.8 Å². The van der Waals surface area contributed by atoms with Gasteiger partial charge in [-0.3, -0.25) is 4.79 Å². The fraction of sp³-hybridized carbons (Fsp3) is 0.909. The summed E-state index contributed by atoms with van der Waals surface area (Å²) in [6, 6.07) is 0.365. The number of fused-ring (bicyclic) bond motifs is 1. The van der Waals surface area contributed by atoms with E-state index in [2.05, 4.69) is 5.32 Å². The van der Waals surface area contributed by atoms with Gasteiger partial charge in [-0.2, -0.15) is 0 Å². The average Bonchev–Trinajstić information content (AvgIpc) is 2.68. The second kappa shape index (κ2) is 3.54. The molecule has 0 bridgehead atoms. The maximum atomic E-state index is 11.8. The lowest BCUT2D eigenvalue weighted by Gasteiger charge is -2.42. The number of carbonyl (C=O) groups excluding carboxylic acids is 1. The van der Waals surface area contributed by atoms with Crippen LogP contribution in [-0.4, -0.2) is 37.4 Å². The van der Waals surface area contributed by atoms with Crippen LogP contribution in [-0.2, 0) is 14.3 Å². The van der Waals surface area contributed by atoms with Gasteiger partial charge in [-0.05, 0) is 6.42 Å². The standard InChI is InChI=1S/C11H17NO3/c13-10-2-4-12-9-1-3-11(7-8(9)10)14-5-6-15-11/h8-9,12H,1-7H2/t8-,9-/m0/s1. The van der Waals surface area contributed by atoms with Crippen molar-refractivity contribution < 1.29 is 14.3 Å². The van der Waals surface area contributed by atoms with Crippen LogP contribution in [0.25, 0.3) is 0 Å². The second-order valence-electron chi connectivity index (χ2n) is 4.73. The normalized spacial score (nSPS) is 39.3. The molecule has 2 aliphatic heterocycles. The topological polar surface area (TPSA) is 47.6 Å². The lowest BCUT2D eigenvalue weighted by Crippen LogP contribution is -2.54. The van der Waals surface area contributed by atoms with Gasteiger partial charge in [0.15, 0.2) is 5.79 Å². The maximum Gasteiger partial charge on any atom is 0.169 e. The molecule has 0 aromatic heterocycles. The number of rotatable bonds is 0. The predicted octanol–water partition coefficient (Wildman–Crippen LogP) is 0.461. The zero-order valence-corrected chi connectivity index (χ0v) is 8.83. The minimum Gasteiger partial charge on any atom is -0.348 e. The largest absolute Gasteiger partial charge is 0.348 e. The van der Waals surface area contributed by atoms with E-state index in [1.165, 1.54) is 0 Å². The highest BCUT2D eigenvalue weighted by Gasteiger charge is 2.48. The molecule has 3 rings (SSSR count). The van der Waals surface area contributed by atoms with Crippen LogP contribution in [0.2, 0.25) is 0 Å². The Balaban J connectivity index is 1.76. The van der Waals surface area contributed by atoms with Crippen LogP contribution in [0.5, 0.6) is 0 Å². The molecule has 0 aromatic rings. The Morgan fingerprint density at radius 2 is 2.13 bits per heavy atom. The first-order valence-corrected chi connectivity index (χ1v) is 5.83. The summed E-state index contributed by atoms with van der Waals surface area (Å²) in [5.74, 6) is 0.0816. The van der Waals surface area contributed by atoms with Crippen LogP contribution in [0.1, 0.15) is 25.7 Å². The SMILES string of the molecule is O=C1CCN[C@H]2CCC3(C[C@H]12)OCCO3. The third kappa shape index (κ3) is 1.61. The third-order valence-corrected chi connectivity index (χ3v) is 3.86. The van der Waals surface area contributed by atoms with Gasteiger partial charge in [0.05, 0.1) is 13.2 Å². The van der Waals surface area contributed by atoms with Gasteiger partial charge in [-0.25, -0.2) is 0 Å². The smallest absolute Gasteiger partial charge is 0.169 e. The molecule has 4 nitrogen and oxygen atoms in total. The Bertz CT molecular complexity index is 273. The van der Waals surface area contributed by atoms with Gasteiger partial charge in [-0.15, -0.1) is 0 Å². The van der Waals surface area contributed by atoms with E-state index in [0.717, 1.165) is 25.8 Å². The van der Waals surface area contributed by atoms with Crippen molar-refractivity contribution in [2.75, 3.05) is 19.8 Å². The summed E-state index contributed by atoms with van der Waals surface area (Å²) in [6.45, 7) is 2.20. The van der Waals surface area contributed by atoms with Crippen molar-refractivity contribution in [1.29, 1.82) is 0 Å². The minimum absolute atomic E-state index is 0.116. The van der Waals surface area contributed by atoms with E-state index >= 15 is 0 Å². The van der Waals surface area contributed by atoms with E-state index < -0.39 is 5.79 Å². The number of hydrogen-bond acceptors (Lipinski definition) is 4. The number of piperidine rings is 1. The van der Waals surface area contributed by atoms with E-state index in [9.17, 15) is 4.79 Å². The highest BCUT2D eigenvalue weighted by atomic mass is 16.7. The number of carbonyl (C=O) groups is 1. The molecule has 3 fully saturated rings. The average molecular weight is 211 g/mol. The second-order valence-corrected chi connectivity index (χ2v) is 4.73. The lowest BCUT2D eigenvalue weighted by atomic mass is 9.76. The van der Waals surface area contributed by atoms with Crippen molar-refractivity contribution in [3.05, 3.63) is 0 Å². The highest BCUT2D eigenvalue weighted by molar-refractivity contribution is 5.83. The van der Waals surface area contributed by atoms with Crippen molar-refractivity contribution in [3.63, 3.8) is 0 Å². The van der Waals surface area contributed by atoms with Crippen LogP contribution in [0, 0.1) is 5.92 Å². The first kappa shape index (κ1) is 9.75. The first-order chi connectivity index (χ1) is 7.29. The van der Waals surface area contributed by atoms with Crippen LogP contribution in [0.4, 0.5) is 0 Å². The van der Waals surface area contributed by atoms with Crippen molar-refractivity contribution in [2.45, 2.75) is 37.5 Å². The number of hydrogen-bond donors (Lipinski definition) is 1. The Morgan fingerprint density at radius 3 is 2.93 bits per heavy atom. The molecule has 0 radical (unpaired) electrons. The van der Waals surface area contributed by atoms with Gasteiger partial charge in [0.1, 0.15) is 5.78 Å². The number of ketones is 1. The van der Waals surface area contributed by atoms with Crippen LogP contribution in [0.3, 0.4) is 0 Å². The summed E-state index contributed by atoms with van der Waals surface area (Å²) in [5, 5.41) is 3.43. The Hall–Kier alpha value is -0.450. The van der Waals surface area contributed by atoms with E-state index in [1.54, 1.807) is 0 Å². The van der Waals surface area contributed by atoms with E-state index in [1.807, 2.05) is 0 Å². The highest BCUT2D eigenvalue weighted by Crippen LogP contribution is 2.40. The van der Waals surface area contributed by atoms with Gasteiger partial charge in [-0.1, -0.05) is 0 Å². The molecule has 2 atom stereocenters. The summed E-state index contributed by atoms with van der Waals surface area (Å²) in [5.41, 5.74) is 0. The van der Waals surface area contributed by atoms with Crippen LogP contribution < -0.4 is 5.32 Å². The Labute approximate surface area is 89.3 Å². The minimum atomic E-state index is -0.421. The number of ether oxygens (including phenoxy) is 2. The number of nitrogens with one attached hydrogen (secondary N) is 1. The molecule has 0 amide bonds. The molecule has 15 heavy (non-hydrogen) atoms. The summed E-state index contributed by atoms with van der Waals surface area (Å²) < 4.78 is 11.4. The molecular formula is C11H17NO3. The van der Waals surface area contributed by atoms with Gasteiger partial charge >= 0.3 is 0 Å². The Morgan fingerprint density at radius 1 is 1.33 bits per heavy atom. The van der Waals surface area contributed by atoms with Gasteiger partial charge in [0.25, 0.3) is 0 Å². The fourth-order valence-corrected chi connectivity index (χ4v) is 3.06. The summed E-state index contributed by atoms with van der Waals surface area (Å²) in [6.07, 6.45) is 3.34. The van der Waals surface area contributed by atoms with Crippen LogP contribution in [0.15, 0.2) is 0 Å². The molecule has 1 N–H and O–H groups in total. The molecule has 4 heteroatoms. The van der Waals surface area contributed by atoms with Gasteiger partial charge in [0.2, 0.25) is 0 Å². The fourth-order valence-electron chi connectivity index (χ4n) is 3.06.